The van der Waals surface area contributed by atoms with Gasteiger partial charge in [-0.25, -0.2) is 0 Å². The third-order valence-corrected chi connectivity index (χ3v) is 4.64. The fraction of sp³-hybridized carbons (Fsp3) is 0.600. The predicted molar refractivity (Wildman–Crippen MR) is 77.6 cm³/mol. The summed E-state index contributed by atoms with van der Waals surface area (Å²) in [4.78, 5) is 0. The van der Waals surface area contributed by atoms with E-state index < -0.39 is 0 Å². The molecule has 0 aromatic heterocycles. The standard InChI is InChI=1S/C15H23NS/c1-15(2,3)17-10-14(16)13-8-7-11-5-4-6-12(11)9-13/h7-9,14H,4-6,10,16H2,1-3H3. The number of benzene rings is 1. The summed E-state index contributed by atoms with van der Waals surface area (Å²) in [6.07, 6.45) is 3.80. The van der Waals surface area contributed by atoms with Gasteiger partial charge in [-0.15, -0.1) is 0 Å². The molecule has 1 aliphatic rings. The normalized spacial score (nSPS) is 16.9. The maximum absolute atomic E-state index is 6.28. The van der Waals surface area contributed by atoms with E-state index in [9.17, 15) is 0 Å². The maximum atomic E-state index is 6.28. The van der Waals surface area contributed by atoms with E-state index in [0.717, 1.165) is 5.75 Å². The van der Waals surface area contributed by atoms with Crippen LogP contribution in [-0.2, 0) is 12.8 Å². The molecule has 2 rings (SSSR count). The number of rotatable bonds is 3. The molecule has 0 heterocycles. The van der Waals surface area contributed by atoms with Gasteiger partial charge < -0.3 is 5.73 Å². The molecule has 1 aromatic rings. The Kier molecular flexibility index (Phi) is 3.84. The minimum Gasteiger partial charge on any atom is -0.323 e. The van der Waals surface area contributed by atoms with Gasteiger partial charge in [0.2, 0.25) is 0 Å². The van der Waals surface area contributed by atoms with Crippen molar-refractivity contribution in [2.24, 2.45) is 5.73 Å². The van der Waals surface area contributed by atoms with E-state index in [1.54, 1.807) is 0 Å². The van der Waals surface area contributed by atoms with Gasteiger partial charge in [-0.1, -0.05) is 39.0 Å². The van der Waals surface area contributed by atoms with Gasteiger partial charge in [0.15, 0.2) is 0 Å². The lowest BCUT2D eigenvalue weighted by Crippen LogP contribution is -2.18. The molecule has 1 nitrogen and oxygen atoms in total. The Hall–Kier alpha value is -0.470. The minimum absolute atomic E-state index is 0.171. The molecule has 0 spiro atoms. The first-order valence-electron chi connectivity index (χ1n) is 6.47. The summed E-state index contributed by atoms with van der Waals surface area (Å²) in [5, 5.41) is 0. The van der Waals surface area contributed by atoms with Crippen LogP contribution in [-0.4, -0.2) is 10.5 Å². The van der Waals surface area contributed by atoms with Crippen LogP contribution in [0.25, 0.3) is 0 Å². The zero-order valence-corrected chi connectivity index (χ0v) is 11.9. The van der Waals surface area contributed by atoms with Crippen molar-refractivity contribution in [2.75, 3.05) is 5.75 Å². The third kappa shape index (κ3) is 3.49. The van der Waals surface area contributed by atoms with Crippen LogP contribution in [0, 0.1) is 0 Å². The zero-order valence-electron chi connectivity index (χ0n) is 11.1. The quantitative estimate of drug-likeness (QED) is 0.884. The molecule has 0 fully saturated rings. The minimum atomic E-state index is 0.171. The van der Waals surface area contributed by atoms with Gasteiger partial charge in [0.05, 0.1) is 0 Å². The first-order valence-corrected chi connectivity index (χ1v) is 7.45. The second-order valence-electron chi connectivity index (χ2n) is 5.91. The van der Waals surface area contributed by atoms with Crippen molar-refractivity contribution in [3.05, 3.63) is 34.9 Å². The summed E-state index contributed by atoms with van der Waals surface area (Å²) in [6, 6.07) is 7.00. The lowest BCUT2D eigenvalue weighted by Gasteiger charge is -2.21. The molecule has 0 amide bonds. The second-order valence-corrected chi connectivity index (χ2v) is 7.76. The second kappa shape index (κ2) is 5.03. The Morgan fingerprint density at radius 3 is 2.65 bits per heavy atom. The number of fused-ring (bicyclic) bond motifs is 1. The number of hydrogen-bond acceptors (Lipinski definition) is 2. The molecule has 0 saturated carbocycles. The lowest BCUT2D eigenvalue weighted by atomic mass is 10.0. The molecule has 0 radical (unpaired) electrons. The molecule has 0 saturated heterocycles. The largest absolute Gasteiger partial charge is 0.323 e. The molecule has 17 heavy (non-hydrogen) atoms. The van der Waals surface area contributed by atoms with Crippen LogP contribution < -0.4 is 5.73 Å². The fourth-order valence-electron chi connectivity index (χ4n) is 2.26. The van der Waals surface area contributed by atoms with Crippen LogP contribution in [0.15, 0.2) is 18.2 Å². The Morgan fingerprint density at radius 1 is 1.24 bits per heavy atom. The van der Waals surface area contributed by atoms with Gasteiger partial charge in [0, 0.05) is 16.5 Å². The Labute approximate surface area is 109 Å². The highest BCUT2D eigenvalue weighted by molar-refractivity contribution is 8.00. The average Bonchev–Trinajstić information content (AvgIpc) is 2.71. The third-order valence-electron chi connectivity index (χ3n) is 3.25. The molecule has 2 heteroatoms. The Bertz CT molecular complexity index is 392. The topological polar surface area (TPSA) is 26.0 Å². The highest BCUT2D eigenvalue weighted by Gasteiger charge is 2.16. The van der Waals surface area contributed by atoms with Crippen LogP contribution in [0.5, 0.6) is 0 Å². The summed E-state index contributed by atoms with van der Waals surface area (Å²) in [5.74, 6) is 1.00. The zero-order chi connectivity index (χ0) is 12.5. The molecular weight excluding hydrogens is 226 g/mol. The van der Waals surface area contributed by atoms with Crippen molar-refractivity contribution in [1.82, 2.24) is 0 Å². The number of aryl methyl sites for hydroxylation is 2. The van der Waals surface area contributed by atoms with Crippen LogP contribution >= 0.6 is 11.8 Å². The highest BCUT2D eigenvalue weighted by atomic mass is 32.2. The number of nitrogens with two attached hydrogens (primary N) is 1. The average molecular weight is 249 g/mol. The molecule has 1 aromatic carbocycles. The molecule has 94 valence electrons. The predicted octanol–water partition coefficient (Wildman–Crippen LogP) is 3.71. The first-order chi connectivity index (χ1) is 7.96. The van der Waals surface area contributed by atoms with Crippen molar-refractivity contribution < 1.29 is 0 Å². The number of hydrogen-bond donors (Lipinski definition) is 1. The smallest absolute Gasteiger partial charge is 0.0387 e. The van der Waals surface area contributed by atoms with Crippen molar-refractivity contribution >= 4 is 11.8 Å². The fourth-order valence-corrected chi connectivity index (χ4v) is 3.13. The molecule has 0 aliphatic heterocycles. The van der Waals surface area contributed by atoms with E-state index in [2.05, 4.69) is 39.0 Å². The Morgan fingerprint density at radius 2 is 1.94 bits per heavy atom. The van der Waals surface area contributed by atoms with Crippen molar-refractivity contribution in [3.8, 4) is 0 Å². The molecule has 1 atom stereocenters. The molecule has 1 unspecified atom stereocenters. The highest BCUT2D eigenvalue weighted by Crippen LogP contribution is 2.29. The lowest BCUT2D eigenvalue weighted by molar-refractivity contribution is 0.778. The Balaban J connectivity index is 2.02. The molecule has 2 N–H and O–H groups in total. The van der Waals surface area contributed by atoms with Crippen molar-refractivity contribution in [1.29, 1.82) is 0 Å². The summed E-state index contributed by atoms with van der Waals surface area (Å²) in [5.41, 5.74) is 10.6. The van der Waals surface area contributed by atoms with E-state index in [1.807, 2.05) is 11.8 Å². The van der Waals surface area contributed by atoms with Gasteiger partial charge in [0.1, 0.15) is 0 Å². The van der Waals surface area contributed by atoms with Gasteiger partial charge in [-0.2, -0.15) is 11.8 Å². The van der Waals surface area contributed by atoms with Gasteiger partial charge in [-0.3, -0.25) is 0 Å². The molecular formula is C15H23NS. The summed E-state index contributed by atoms with van der Waals surface area (Å²) >= 11 is 1.94. The molecule has 0 bridgehead atoms. The van der Waals surface area contributed by atoms with Crippen LogP contribution in [0.1, 0.15) is 49.9 Å². The van der Waals surface area contributed by atoms with Gasteiger partial charge >= 0.3 is 0 Å². The van der Waals surface area contributed by atoms with Crippen LogP contribution in [0.4, 0.5) is 0 Å². The first kappa shape index (κ1) is 13.0. The molecule has 1 aliphatic carbocycles. The van der Waals surface area contributed by atoms with Crippen molar-refractivity contribution in [2.45, 2.75) is 50.8 Å². The summed E-state index contributed by atoms with van der Waals surface area (Å²) < 4.78 is 0.300. The van der Waals surface area contributed by atoms with E-state index in [-0.39, 0.29) is 6.04 Å². The van der Waals surface area contributed by atoms with Gasteiger partial charge in [-0.05, 0) is 36.0 Å². The van der Waals surface area contributed by atoms with Gasteiger partial charge in [0.25, 0.3) is 0 Å². The van der Waals surface area contributed by atoms with E-state index in [1.165, 1.54) is 36.0 Å². The number of thioether (sulfide) groups is 1. The summed E-state index contributed by atoms with van der Waals surface area (Å²) in [7, 11) is 0. The van der Waals surface area contributed by atoms with E-state index >= 15 is 0 Å². The van der Waals surface area contributed by atoms with Crippen LogP contribution in [0.3, 0.4) is 0 Å². The maximum Gasteiger partial charge on any atom is 0.0387 e. The summed E-state index contributed by atoms with van der Waals surface area (Å²) in [6.45, 7) is 6.73. The van der Waals surface area contributed by atoms with E-state index in [4.69, 9.17) is 5.73 Å². The SMILES string of the molecule is CC(C)(C)SCC(N)c1ccc2c(c1)CCC2. The van der Waals surface area contributed by atoms with E-state index in [0.29, 0.717) is 4.75 Å². The van der Waals surface area contributed by atoms with Crippen molar-refractivity contribution in [3.63, 3.8) is 0 Å². The van der Waals surface area contributed by atoms with Crippen LogP contribution in [0.2, 0.25) is 0 Å². The monoisotopic (exact) mass is 249 g/mol.